The van der Waals surface area contributed by atoms with E-state index in [0.717, 1.165) is 24.8 Å². The molecule has 0 aliphatic carbocycles. The number of fused-ring (bicyclic) bond motifs is 1. The molecule has 0 saturated carbocycles. The van der Waals surface area contributed by atoms with Crippen molar-refractivity contribution in [1.82, 2.24) is 9.80 Å². The van der Waals surface area contributed by atoms with Crippen molar-refractivity contribution in [1.29, 1.82) is 5.26 Å². The van der Waals surface area contributed by atoms with E-state index in [1.807, 2.05) is 12.4 Å². The van der Waals surface area contributed by atoms with E-state index in [0.29, 0.717) is 6.04 Å². The van der Waals surface area contributed by atoms with Gasteiger partial charge in [0.05, 0.1) is 0 Å². The molecule has 4 nitrogen and oxygen atoms in total. The highest BCUT2D eigenvalue weighted by Gasteiger charge is 2.31. The molecule has 0 aromatic heterocycles. The first kappa shape index (κ1) is 10.8. The zero-order valence-electron chi connectivity index (χ0n) is 9.02. The maximum Gasteiger partial charge on any atom is 0.208 e. The summed E-state index contributed by atoms with van der Waals surface area (Å²) in [6, 6.07) is 0.690. The lowest BCUT2D eigenvalue weighted by atomic mass is 10.2. The van der Waals surface area contributed by atoms with Gasteiger partial charge in [-0.15, -0.1) is 4.99 Å². The average molecular weight is 224 g/mol. The highest BCUT2D eigenvalue weighted by molar-refractivity contribution is 8.13. The molecular weight excluding hydrogens is 208 g/mol. The van der Waals surface area contributed by atoms with Gasteiger partial charge >= 0.3 is 0 Å². The van der Waals surface area contributed by atoms with E-state index in [2.05, 4.69) is 14.8 Å². The Hall–Kier alpha value is -0.730. The molecule has 5 heteroatoms. The Morgan fingerprint density at radius 3 is 3.07 bits per heavy atom. The predicted octanol–water partition coefficient (Wildman–Crippen LogP) is 0.966. The van der Waals surface area contributed by atoms with E-state index < -0.39 is 0 Å². The quantitative estimate of drug-likeness (QED) is 0.349. The van der Waals surface area contributed by atoms with Crippen molar-refractivity contribution < 1.29 is 0 Å². The third kappa shape index (κ3) is 2.27. The van der Waals surface area contributed by atoms with Crippen LogP contribution in [0.4, 0.5) is 0 Å². The van der Waals surface area contributed by atoms with Crippen LogP contribution < -0.4 is 0 Å². The number of nitrogens with zero attached hydrogens (tertiary/aromatic N) is 4. The molecule has 0 aromatic rings. The summed E-state index contributed by atoms with van der Waals surface area (Å²) in [5.74, 6) is 0. The molecule has 82 valence electrons. The van der Waals surface area contributed by atoms with Gasteiger partial charge in [-0.3, -0.25) is 4.90 Å². The SMILES string of the molecule is CSC(=NC#N)N1CCN2CCCC2C1. The zero-order valence-corrected chi connectivity index (χ0v) is 9.83. The largest absolute Gasteiger partial charge is 0.348 e. The summed E-state index contributed by atoms with van der Waals surface area (Å²) in [7, 11) is 0. The first-order valence-corrected chi connectivity index (χ1v) is 6.57. The molecule has 2 aliphatic heterocycles. The molecule has 0 radical (unpaired) electrons. The minimum atomic E-state index is 0.690. The molecule has 2 aliphatic rings. The van der Waals surface area contributed by atoms with Crippen molar-refractivity contribution in [3.63, 3.8) is 0 Å². The van der Waals surface area contributed by atoms with Crippen LogP contribution in [0, 0.1) is 11.5 Å². The van der Waals surface area contributed by atoms with Gasteiger partial charge in [-0.05, 0) is 25.6 Å². The lowest BCUT2D eigenvalue weighted by Crippen LogP contribution is -2.51. The van der Waals surface area contributed by atoms with Crippen LogP contribution in [-0.2, 0) is 0 Å². The Balaban J connectivity index is 2.00. The van der Waals surface area contributed by atoms with E-state index in [-0.39, 0.29) is 0 Å². The van der Waals surface area contributed by atoms with Crippen LogP contribution in [0.15, 0.2) is 4.99 Å². The van der Waals surface area contributed by atoms with Gasteiger partial charge in [-0.25, -0.2) is 0 Å². The minimum absolute atomic E-state index is 0.690. The van der Waals surface area contributed by atoms with Gasteiger partial charge in [0.2, 0.25) is 6.19 Å². The van der Waals surface area contributed by atoms with Crippen LogP contribution in [-0.4, -0.2) is 53.4 Å². The van der Waals surface area contributed by atoms with Crippen molar-refractivity contribution in [3.05, 3.63) is 0 Å². The number of nitriles is 1. The minimum Gasteiger partial charge on any atom is -0.348 e. The standard InChI is InChI=1S/C10H16N4S/c1-15-10(12-8-11)14-6-5-13-4-2-3-9(13)7-14/h9H,2-7H2,1H3. The summed E-state index contributed by atoms with van der Waals surface area (Å²) >= 11 is 1.57. The van der Waals surface area contributed by atoms with E-state index in [4.69, 9.17) is 5.26 Å². The van der Waals surface area contributed by atoms with Crippen LogP contribution in [0.5, 0.6) is 0 Å². The molecule has 1 atom stereocenters. The fourth-order valence-electron chi connectivity index (χ4n) is 2.45. The molecule has 1 unspecified atom stereocenters. The normalized spacial score (nSPS) is 27.6. The lowest BCUT2D eigenvalue weighted by Gasteiger charge is -2.38. The predicted molar refractivity (Wildman–Crippen MR) is 62.7 cm³/mol. The molecule has 2 saturated heterocycles. The van der Waals surface area contributed by atoms with Crippen molar-refractivity contribution >= 4 is 16.9 Å². The van der Waals surface area contributed by atoms with E-state index >= 15 is 0 Å². The monoisotopic (exact) mass is 224 g/mol. The number of piperazine rings is 1. The summed E-state index contributed by atoms with van der Waals surface area (Å²) in [4.78, 5) is 8.68. The van der Waals surface area contributed by atoms with Gasteiger partial charge in [-0.2, -0.15) is 5.26 Å². The zero-order chi connectivity index (χ0) is 10.7. The maximum absolute atomic E-state index is 8.60. The van der Waals surface area contributed by atoms with Gasteiger partial charge in [0.1, 0.15) is 0 Å². The first-order valence-electron chi connectivity index (χ1n) is 5.35. The number of hydrogen-bond acceptors (Lipinski definition) is 4. The fraction of sp³-hybridized carbons (Fsp3) is 0.800. The molecular formula is C10H16N4S. The van der Waals surface area contributed by atoms with Crippen molar-refractivity contribution in [3.8, 4) is 6.19 Å². The van der Waals surface area contributed by atoms with Crippen LogP contribution in [0.25, 0.3) is 0 Å². The summed E-state index contributed by atoms with van der Waals surface area (Å²) < 4.78 is 0. The molecule has 0 amide bonds. The molecule has 0 aromatic carbocycles. The second kappa shape index (κ2) is 4.86. The fourth-order valence-corrected chi connectivity index (χ4v) is 3.01. The molecule has 0 bridgehead atoms. The number of aliphatic imine (C=N–C) groups is 1. The second-order valence-corrected chi connectivity index (χ2v) is 4.75. The first-order chi connectivity index (χ1) is 7.35. The smallest absolute Gasteiger partial charge is 0.208 e. The van der Waals surface area contributed by atoms with Gasteiger partial charge in [-0.1, -0.05) is 11.8 Å². The average Bonchev–Trinajstić information content (AvgIpc) is 2.72. The summed E-state index contributed by atoms with van der Waals surface area (Å²) in [5.41, 5.74) is 0. The van der Waals surface area contributed by atoms with E-state index in [1.165, 1.54) is 19.4 Å². The summed E-state index contributed by atoms with van der Waals surface area (Å²) in [6.45, 7) is 4.43. The van der Waals surface area contributed by atoms with E-state index in [1.54, 1.807) is 11.8 Å². The number of hydrogen-bond donors (Lipinski definition) is 0. The topological polar surface area (TPSA) is 42.6 Å². The van der Waals surface area contributed by atoms with E-state index in [9.17, 15) is 0 Å². The van der Waals surface area contributed by atoms with Crippen molar-refractivity contribution in [2.24, 2.45) is 4.99 Å². The number of amidine groups is 1. The summed E-state index contributed by atoms with van der Waals surface area (Å²) in [6.07, 6.45) is 6.49. The Morgan fingerprint density at radius 1 is 1.47 bits per heavy atom. The van der Waals surface area contributed by atoms with Crippen LogP contribution in [0.1, 0.15) is 12.8 Å². The molecule has 15 heavy (non-hydrogen) atoms. The number of rotatable bonds is 0. The highest BCUT2D eigenvalue weighted by atomic mass is 32.2. The van der Waals surface area contributed by atoms with Crippen LogP contribution in [0.2, 0.25) is 0 Å². The molecule has 2 rings (SSSR count). The maximum atomic E-state index is 8.60. The van der Waals surface area contributed by atoms with Gasteiger partial charge in [0.25, 0.3) is 0 Å². The van der Waals surface area contributed by atoms with Crippen LogP contribution in [0.3, 0.4) is 0 Å². The second-order valence-electron chi connectivity index (χ2n) is 3.98. The molecule has 2 fully saturated rings. The van der Waals surface area contributed by atoms with Gasteiger partial charge in [0.15, 0.2) is 5.17 Å². The third-order valence-corrected chi connectivity index (χ3v) is 3.90. The van der Waals surface area contributed by atoms with Crippen molar-refractivity contribution in [2.45, 2.75) is 18.9 Å². The highest BCUT2D eigenvalue weighted by Crippen LogP contribution is 2.22. The third-order valence-electron chi connectivity index (χ3n) is 3.19. The van der Waals surface area contributed by atoms with Crippen molar-refractivity contribution in [2.75, 3.05) is 32.4 Å². The number of thioether (sulfide) groups is 1. The molecule has 0 N–H and O–H groups in total. The molecule has 0 spiro atoms. The van der Waals surface area contributed by atoms with Gasteiger partial charge in [0, 0.05) is 25.7 Å². The Morgan fingerprint density at radius 2 is 2.33 bits per heavy atom. The lowest BCUT2D eigenvalue weighted by molar-refractivity contribution is 0.154. The van der Waals surface area contributed by atoms with Crippen LogP contribution >= 0.6 is 11.8 Å². The molecule has 2 heterocycles. The Kier molecular flexibility index (Phi) is 3.49. The Bertz CT molecular complexity index is 296. The summed E-state index contributed by atoms with van der Waals surface area (Å²) in [5, 5.41) is 9.48. The van der Waals surface area contributed by atoms with Gasteiger partial charge < -0.3 is 4.90 Å². The Labute approximate surface area is 94.9 Å².